The van der Waals surface area contributed by atoms with Gasteiger partial charge in [-0.05, 0) is 36.9 Å². The second kappa shape index (κ2) is 7.67. The second-order valence-corrected chi connectivity index (χ2v) is 5.41. The number of alkyl halides is 3. The van der Waals surface area contributed by atoms with E-state index in [2.05, 4.69) is 19.2 Å². The van der Waals surface area contributed by atoms with E-state index in [-0.39, 0.29) is 6.04 Å². The molecule has 1 nitrogen and oxygen atoms in total. The smallest absolute Gasteiger partial charge is 0.314 e. The summed E-state index contributed by atoms with van der Waals surface area (Å²) in [5.41, 5.74) is 0.183. The molecule has 2 atom stereocenters. The van der Waals surface area contributed by atoms with E-state index < -0.39 is 11.7 Å². The molecule has 0 saturated carbocycles. The van der Waals surface area contributed by atoms with Crippen molar-refractivity contribution in [3.8, 4) is 0 Å². The van der Waals surface area contributed by atoms with Gasteiger partial charge in [-0.1, -0.05) is 45.4 Å². The lowest BCUT2D eigenvalue weighted by Crippen LogP contribution is -2.32. The summed E-state index contributed by atoms with van der Waals surface area (Å²) >= 11 is 0. The highest BCUT2D eigenvalue weighted by Crippen LogP contribution is 2.30. The van der Waals surface area contributed by atoms with Crippen LogP contribution in [0, 0.1) is 5.92 Å². The van der Waals surface area contributed by atoms with Crippen molar-refractivity contribution < 1.29 is 13.2 Å². The molecular weight excluding hydrogens is 263 g/mol. The zero-order valence-corrected chi connectivity index (χ0v) is 12.4. The van der Waals surface area contributed by atoms with Gasteiger partial charge in [0.05, 0.1) is 5.56 Å². The minimum absolute atomic E-state index is 0.235. The van der Waals surface area contributed by atoms with Gasteiger partial charge in [-0.25, -0.2) is 0 Å². The van der Waals surface area contributed by atoms with Crippen LogP contribution in [0.15, 0.2) is 24.3 Å². The molecule has 0 radical (unpaired) electrons. The Kier molecular flexibility index (Phi) is 6.53. The predicted molar refractivity (Wildman–Crippen MR) is 76.7 cm³/mol. The van der Waals surface area contributed by atoms with Gasteiger partial charge in [-0.3, -0.25) is 0 Å². The molecule has 1 N–H and O–H groups in total. The summed E-state index contributed by atoms with van der Waals surface area (Å²) in [6.07, 6.45) is -1.55. The van der Waals surface area contributed by atoms with E-state index in [1.165, 1.54) is 12.1 Å². The van der Waals surface area contributed by atoms with E-state index >= 15 is 0 Å². The summed E-state index contributed by atoms with van der Waals surface area (Å²) in [5.74, 6) is 0.574. The van der Waals surface area contributed by atoms with E-state index in [0.717, 1.165) is 31.0 Å². The van der Waals surface area contributed by atoms with E-state index in [0.29, 0.717) is 12.3 Å². The van der Waals surface area contributed by atoms with Crippen LogP contribution in [0.25, 0.3) is 0 Å². The molecule has 0 fully saturated rings. The number of rotatable bonds is 7. The number of halogens is 3. The van der Waals surface area contributed by atoms with E-state index in [9.17, 15) is 13.2 Å². The molecule has 0 spiro atoms. The van der Waals surface area contributed by atoms with Gasteiger partial charge < -0.3 is 5.32 Å². The third-order valence-corrected chi connectivity index (χ3v) is 3.61. The highest BCUT2D eigenvalue weighted by molar-refractivity contribution is 5.26. The second-order valence-electron chi connectivity index (χ2n) is 5.41. The molecule has 1 aromatic rings. The average Bonchev–Trinajstić information content (AvgIpc) is 2.38. The Balaban J connectivity index is 2.77. The maximum atomic E-state index is 12.7. The fourth-order valence-corrected chi connectivity index (χ4v) is 2.34. The Morgan fingerprint density at radius 3 is 2.45 bits per heavy atom. The first-order valence-corrected chi connectivity index (χ1v) is 7.26. The van der Waals surface area contributed by atoms with Gasteiger partial charge in [0.1, 0.15) is 0 Å². The van der Waals surface area contributed by atoms with Crippen LogP contribution in [0.5, 0.6) is 0 Å². The summed E-state index contributed by atoms with van der Waals surface area (Å²) < 4.78 is 38.1. The van der Waals surface area contributed by atoms with Gasteiger partial charge in [0, 0.05) is 6.04 Å². The number of nitrogens with one attached hydrogen (secondary N) is 1. The van der Waals surface area contributed by atoms with Crippen LogP contribution in [0.2, 0.25) is 0 Å². The molecule has 0 saturated heterocycles. The highest BCUT2D eigenvalue weighted by atomic mass is 19.4. The number of benzene rings is 1. The van der Waals surface area contributed by atoms with Crippen molar-refractivity contribution in [2.75, 3.05) is 6.54 Å². The molecular formula is C16H24F3N. The first-order chi connectivity index (χ1) is 9.36. The summed E-state index contributed by atoms with van der Waals surface area (Å²) in [6, 6.07) is 5.89. The third kappa shape index (κ3) is 5.53. The topological polar surface area (TPSA) is 12.0 Å². The molecule has 114 valence electrons. The molecule has 1 rings (SSSR count). The largest absolute Gasteiger partial charge is 0.416 e. The number of hydrogen-bond donors (Lipinski definition) is 1. The normalized spacial score (nSPS) is 15.1. The molecule has 0 aliphatic heterocycles. The van der Waals surface area contributed by atoms with Crippen molar-refractivity contribution in [2.45, 2.75) is 52.3 Å². The Morgan fingerprint density at radius 2 is 1.90 bits per heavy atom. The molecule has 0 amide bonds. The van der Waals surface area contributed by atoms with Gasteiger partial charge in [0.25, 0.3) is 0 Å². The van der Waals surface area contributed by atoms with Crippen molar-refractivity contribution in [1.29, 1.82) is 0 Å². The first kappa shape index (κ1) is 17.0. The Labute approximate surface area is 119 Å². The zero-order valence-electron chi connectivity index (χ0n) is 12.4. The van der Waals surface area contributed by atoms with Crippen LogP contribution in [0.1, 0.15) is 44.7 Å². The minimum atomic E-state index is -4.26. The van der Waals surface area contributed by atoms with Gasteiger partial charge in [-0.2, -0.15) is 13.2 Å². The summed E-state index contributed by atoms with van der Waals surface area (Å²) in [6.45, 7) is 7.17. The van der Waals surface area contributed by atoms with E-state index in [4.69, 9.17) is 0 Å². The van der Waals surface area contributed by atoms with Gasteiger partial charge >= 0.3 is 6.18 Å². The van der Waals surface area contributed by atoms with Crippen molar-refractivity contribution in [2.24, 2.45) is 5.92 Å². The lowest BCUT2D eigenvalue weighted by Gasteiger charge is -2.21. The first-order valence-electron chi connectivity index (χ1n) is 7.26. The molecule has 0 aromatic heterocycles. The van der Waals surface area contributed by atoms with Crippen LogP contribution in [-0.4, -0.2) is 12.6 Å². The van der Waals surface area contributed by atoms with Crippen molar-refractivity contribution in [1.82, 2.24) is 5.32 Å². The summed E-state index contributed by atoms with van der Waals surface area (Å²) in [4.78, 5) is 0. The van der Waals surface area contributed by atoms with Crippen LogP contribution in [-0.2, 0) is 12.6 Å². The lowest BCUT2D eigenvalue weighted by atomic mass is 9.94. The minimum Gasteiger partial charge on any atom is -0.314 e. The molecule has 20 heavy (non-hydrogen) atoms. The summed E-state index contributed by atoms with van der Waals surface area (Å²) in [5, 5.41) is 3.37. The standard InChI is InChI=1S/C16H24F3N/c1-4-12(3)9-15(20-5-2)11-13-7-6-8-14(10-13)16(17,18)19/h6-8,10,12,15,20H,4-5,9,11H2,1-3H3. The van der Waals surface area contributed by atoms with Crippen molar-refractivity contribution >= 4 is 0 Å². The quantitative estimate of drug-likeness (QED) is 0.769. The Hall–Kier alpha value is -1.03. The van der Waals surface area contributed by atoms with Crippen LogP contribution >= 0.6 is 0 Å². The fraction of sp³-hybridized carbons (Fsp3) is 0.625. The SMILES string of the molecule is CCNC(Cc1cccc(C(F)(F)F)c1)CC(C)CC. The highest BCUT2D eigenvalue weighted by Gasteiger charge is 2.30. The predicted octanol–water partition coefficient (Wildman–Crippen LogP) is 4.66. The van der Waals surface area contributed by atoms with Crippen LogP contribution in [0.4, 0.5) is 13.2 Å². The Morgan fingerprint density at radius 1 is 1.20 bits per heavy atom. The monoisotopic (exact) mass is 287 g/mol. The molecule has 4 heteroatoms. The van der Waals surface area contributed by atoms with Crippen molar-refractivity contribution in [3.05, 3.63) is 35.4 Å². The third-order valence-electron chi connectivity index (χ3n) is 3.61. The molecule has 2 unspecified atom stereocenters. The van der Waals surface area contributed by atoms with E-state index in [1.54, 1.807) is 6.07 Å². The molecule has 1 aromatic carbocycles. The van der Waals surface area contributed by atoms with Gasteiger partial charge in [0.15, 0.2) is 0 Å². The Bertz CT molecular complexity index is 401. The van der Waals surface area contributed by atoms with E-state index in [1.807, 2.05) is 6.92 Å². The average molecular weight is 287 g/mol. The molecule has 0 aliphatic carbocycles. The number of likely N-dealkylation sites (N-methyl/N-ethyl adjacent to an activating group) is 1. The van der Waals surface area contributed by atoms with Crippen LogP contribution in [0.3, 0.4) is 0 Å². The molecule has 0 heterocycles. The fourth-order valence-electron chi connectivity index (χ4n) is 2.34. The van der Waals surface area contributed by atoms with Gasteiger partial charge in [0.2, 0.25) is 0 Å². The van der Waals surface area contributed by atoms with Crippen molar-refractivity contribution in [3.63, 3.8) is 0 Å². The van der Waals surface area contributed by atoms with Crippen LogP contribution < -0.4 is 5.32 Å². The maximum absolute atomic E-state index is 12.7. The lowest BCUT2D eigenvalue weighted by molar-refractivity contribution is -0.137. The zero-order chi connectivity index (χ0) is 15.2. The van der Waals surface area contributed by atoms with Gasteiger partial charge in [-0.15, -0.1) is 0 Å². The maximum Gasteiger partial charge on any atom is 0.416 e. The molecule has 0 bridgehead atoms. The number of hydrogen-bond acceptors (Lipinski definition) is 1. The summed E-state index contributed by atoms with van der Waals surface area (Å²) in [7, 11) is 0. The molecule has 0 aliphatic rings.